The topological polar surface area (TPSA) is 84.9 Å². The van der Waals surface area contributed by atoms with Crippen LogP contribution in [-0.4, -0.2) is 48.1 Å². The number of nitrogens with zero attached hydrogens (tertiary/aromatic N) is 1. The van der Waals surface area contributed by atoms with Crippen LogP contribution in [0.1, 0.15) is 0 Å². The van der Waals surface area contributed by atoms with Crippen molar-refractivity contribution in [1.29, 1.82) is 0 Å². The molecule has 1 amide bonds. The molecule has 0 radical (unpaired) electrons. The van der Waals surface area contributed by atoms with Crippen LogP contribution in [0.3, 0.4) is 0 Å². The van der Waals surface area contributed by atoms with E-state index < -0.39 is 16.1 Å². The van der Waals surface area contributed by atoms with Crippen molar-refractivity contribution >= 4 is 21.8 Å². The van der Waals surface area contributed by atoms with Crippen molar-refractivity contribution in [3.63, 3.8) is 0 Å². The molecule has 7 nitrogen and oxygen atoms in total. The maximum Gasteiger partial charge on any atom is 0.406 e. The zero-order valence-corrected chi connectivity index (χ0v) is 12.4. The first kappa shape index (κ1) is 16.1. The predicted molar refractivity (Wildman–Crippen MR) is 75.6 cm³/mol. The van der Waals surface area contributed by atoms with Crippen molar-refractivity contribution in [2.24, 2.45) is 0 Å². The Morgan fingerprint density at radius 3 is 2.50 bits per heavy atom. The summed E-state index contributed by atoms with van der Waals surface area (Å²) in [5, 5.41) is 2.43. The minimum Gasteiger partial charge on any atom is -0.495 e. The number of anilines is 1. The summed E-state index contributed by atoms with van der Waals surface area (Å²) >= 11 is 0. The number of alkyl carbamates (subject to hydrolysis) is 1. The monoisotopic (exact) mass is 302 g/mol. The molecule has 0 aliphatic rings. The second kappa shape index (κ2) is 6.99. The third-order valence-electron chi connectivity index (χ3n) is 2.52. The van der Waals surface area contributed by atoms with Gasteiger partial charge < -0.3 is 14.8 Å². The number of nitrogens with one attached hydrogen (secondary N) is 1. The Balaban J connectivity index is 2.93. The van der Waals surface area contributed by atoms with E-state index in [0.29, 0.717) is 11.4 Å². The van der Waals surface area contributed by atoms with E-state index in [1.54, 1.807) is 24.3 Å². The summed E-state index contributed by atoms with van der Waals surface area (Å²) in [5.41, 5.74) is 0.421. The summed E-state index contributed by atoms with van der Waals surface area (Å²) in [7, 11) is -0.790. The van der Waals surface area contributed by atoms with E-state index in [9.17, 15) is 13.2 Å². The van der Waals surface area contributed by atoms with Crippen LogP contribution < -0.4 is 14.4 Å². The predicted octanol–water partition coefficient (Wildman–Crippen LogP) is 0.817. The zero-order chi connectivity index (χ0) is 15.2. The van der Waals surface area contributed by atoms with Gasteiger partial charge >= 0.3 is 6.09 Å². The van der Waals surface area contributed by atoms with Gasteiger partial charge in [-0.15, -0.1) is 0 Å². The first-order valence-electron chi connectivity index (χ1n) is 5.82. The standard InChI is InChI=1S/C12H18N2O5S/c1-18-11-7-5-4-6-10(11)14(20(3,16)17)9-8-13-12(15)19-2/h4-7H,8-9H2,1-3H3,(H,13,15). The molecule has 0 spiro atoms. The smallest absolute Gasteiger partial charge is 0.406 e. The first-order valence-corrected chi connectivity index (χ1v) is 7.67. The van der Waals surface area contributed by atoms with Crippen LogP contribution in [0, 0.1) is 0 Å². The average molecular weight is 302 g/mol. The fourth-order valence-corrected chi connectivity index (χ4v) is 2.56. The minimum absolute atomic E-state index is 0.0777. The van der Waals surface area contributed by atoms with Gasteiger partial charge in [-0.3, -0.25) is 4.31 Å². The van der Waals surface area contributed by atoms with Crippen molar-refractivity contribution in [1.82, 2.24) is 5.32 Å². The number of amides is 1. The lowest BCUT2D eigenvalue weighted by atomic mass is 10.3. The third-order valence-corrected chi connectivity index (χ3v) is 3.70. The van der Waals surface area contributed by atoms with Crippen LogP contribution in [0.25, 0.3) is 0 Å². The Kier molecular flexibility index (Phi) is 5.63. The summed E-state index contributed by atoms with van der Waals surface area (Å²) in [6.45, 7) is 0.200. The molecule has 0 aliphatic heterocycles. The molecule has 1 aromatic carbocycles. The Hall–Kier alpha value is -1.96. The number of ether oxygens (including phenoxy) is 2. The Labute approximate surface area is 118 Å². The number of carbonyl (C=O) groups excluding carboxylic acids is 1. The fraction of sp³-hybridized carbons (Fsp3) is 0.417. The highest BCUT2D eigenvalue weighted by atomic mass is 32.2. The lowest BCUT2D eigenvalue weighted by Gasteiger charge is -2.24. The van der Waals surface area contributed by atoms with Crippen molar-refractivity contribution < 1.29 is 22.7 Å². The van der Waals surface area contributed by atoms with E-state index in [-0.39, 0.29) is 13.1 Å². The van der Waals surface area contributed by atoms with Gasteiger partial charge in [0, 0.05) is 6.54 Å². The second-order valence-electron chi connectivity index (χ2n) is 3.93. The van der Waals surface area contributed by atoms with E-state index >= 15 is 0 Å². The molecule has 1 N–H and O–H groups in total. The maximum atomic E-state index is 11.9. The quantitative estimate of drug-likeness (QED) is 0.841. The summed E-state index contributed by atoms with van der Waals surface area (Å²) in [4.78, 5) is 11.0. The van der Waals surface area contributed by atoms with E-state index in [1.165, 1.54) is 18.5 Å². The molecular weight excluding hydrogens is 284 g/mol. The first-order chi connectivity index (χ1) is 9.40. The molecule has 20 heavy (non-hydrogen) atoms. The van der Waals surface area contributed by atoms with Gasteiger partial charge in [-0.2, -0.15) is 0 Å². The number of methoxy groups -OCH3 is 2. The van der Waals surface area contributed by atoms with Crippen LogP contribution in [0.4, 0.5) is 10.5 Å². The largest absolute Gasteiger partial charge is 0.495 e. The van der Waals surface area contributed by atoms with Crippen LogP contribution in [-0.2, 0) is 14.8 Å². The minimum atomic E-state index is -3.49. The molecule has 1 aromatic rings. The van der Waals surface area contributed by atoms with Gasteiger partial charge in [0.1, 0.15) is 5.75 Å². The van der Waals surface area contributed by atoms with Crippen LogP contribution >= 0.6 is 0 Å². The average Bonchev–Trinajstić information content (AvgIpc) is 2.42. The third kappa shape index (κ3) is 4.30. The molecule has 112 valence electrons. The van der Waals surface area contributed by atoms with E-state index in [2.05, 4.69) is 10.1 Å². The van der Waals surface area contributed by atoms with E-state index in [1.807, 2.05) is 0 Å². The number of hydrogen-bond donors (Lipinski definition) is 1. The van der Waals surface area contributed by atoms with Crippen molar-refractivity contribution in [3.05, 3.63) is 24.3 Å². The highest BCUT2D eigenvalue weighted by Crippen LogP contribution is 2.28. The fourth-order valence-electron chi connectivity index (χ4n) is 1.63. The van der Waals surface area contributed by atoms with Crippen LogP contribution in [0.2, 0.25) is 0 Å². The highest BCUT2D eigenvalue weighted by Gasteiger charge is 2.20. The van der Waals surface area contributed by atoms with Crippen molar-refractivity contribution in [2.45, 2.75) is 0 Å². The van der Waals surface area contributed by atoms with Crippen LogP contribution in [0.5, 0.6) is 5.75 Å². The van der Waals surface area contributed by atoms with E-state index in [0.717, 1.165) is 6.26 Å². The molecular formula is C12H18N2O5S. The number of carbonyl (C=O) groups is 1. The van der Waals surface area contributed by atoms with Gasteiger partial charge in [-0.1, -0.05) is 12.1 Å². The Morgan fingerprint density at radius 1 is 1.30 bits per heavy atom. The summed E-state index contributed by atoms with van der Waals surface area (Å²) in [5.74, 6) is 0.441. The number of para-hydroxylation sites is 2. The van der Waals surface area contributed by atoms with Gasteiger partial charge in [-0.25, -0.2) is 13.2 Å². The van der Waals surface area contributed by atoms with Gasteiger partial charge in [0.15, 0.2) is 0 Å². The number of sulfonamides is 1. The normalized spacial score (nSPS) is 10.8. The molecule has 0 aliphatic carbocycles. The van der Waals surface area contributed by atoms with Gasteiger partial charge in [0.05, 0.1) is 32.7 Å². The molecule has 0 aromatic heterocycles. The molecule has 0 atom stereocenters. The van der Waals surface area contributed by atoms with Crippen molar-refractivity contribution in [3.8, 4) is 5.75 Å². The van der Waals surface area contributed by atoms with E-state index in [4.69, 9.17) is 4.74 Å². The second-order valence-corrected chi connectivity index (χ2v) is 5.83. The summed E-state index contributed by atoms with van der Waals surface area (Å²) in [6.07, 6.45) is 0.482. The van der Waals surface area contributed by atoms with Crippen LogP contribution in [0.15, 0.2) is 24.3 Å². The molecule has 8 heteroatoms. The molecule has 0 bridgehead atoms. The van der Waals surface area contributed by atoms with Gasteiger partial charge in [0.25, 0.3) is 0 Å². The lowest BCUT2D eigenvalue weighted by molar-refractivity contribution is 0.171. The molecule has 0 unspecified atom stereocenters. The molecule has 0 fully saturated rings. The number of benzene rings is 1. The highest BCUT2D eigenvalue weighted by molar-refractivity contribution is 7.92. The molecule has 1 rings (SSSR count). The summed E-state index contributed by atoms with van der Waals surface area (Å²) in [6, 6.07) is 6.76. The van der Waals surface area contributed by atoms with Gasteiger partial charge in [0.2, 0.25) is 10.0 Å². The Morgan fingerprint density at radius 2 is 1.95 bits per heavy atom. The van der Waals surface area contributed by atoms with Gasteiger partial charge in [-0.05, 0) is 12.1 Å². The maximum absolute atomic E-state index is 11.9. The lowest BCUT2D eigenvalue weighted by Crippen LogP contribution is -2.38. The Bertz CT molecular complexity index is 559. The zero-order valence-electron chi connectivity index (χ0n) is 11.6. The summed E-state index contributed by atoms with van der Waals surface area (Å²) < 4.78 is 34.5. The molecule has 0 heterocycles. The van der Waals surface area contributed by atoms with Crippen molar-refractivity contribution in [2.75, 3.05) is 37.9 Å². The SMILES string of the molecule is COC(=O)NCCN(c1ccccc1OC)S(C)(=O)=O. The molecule has 0 saturated carbocycles. The molecule has 0 saturated heterocycles. The number of hydrogen-bond acceptors (Lipinski definition) is 5. The number of rotatable bonds is 6.